The Hall–Kier alpha value is -1.47. The zero-order chi connectivity index (χ0) is 17.6. The zero-order valence-corrected chi connectivity index (χ0v) is 15.3. The number of halogens is 2. The highest BCUT2D eigenvalue weighted by atomic mass is 35.5. The Labute approximate surface area is 151 Å². The molecule has 0 heterocycles. The van der Waals surface area contributed by atoms with E-state index in [1.807, 2.05) is 6.92 Å². The van der Waals surface area contributed by atoms with Gasteiger partial charge in [-0.1, -0.05) is 23.2 Å². The van der Waals surface area contributed by atoms with Crippen LogP contribution in [-0.4, -0.2) is 28.2 Å². The lowest BCUT2D eigenvalue weighted by Crippen LogP contribution is -2.28. The summed E-state index contributed by atoms with van der Waals surface area (Å²) < 4.78 is 37.7. The summed E-state index contributed by atoms with van der Waals surface area (Å²) >= 11 is 11.7. The summed E-state index contributed by atoms with van der Waals surface area (Å²) in [5, 5.41) is 0.407. The monoisotopic (exact) mass is 389 g/mol. The van der Waals surface area contributed by atoms with Gasteiger partial charge in [0.1, 0.15) is 23.0 Å². The number of hydrogen-bond acceptors (Lipinski definition) is 4. The van der Waals surface area contributed by atoms with Crippen LogP contribution in [0.3, 0.4) is 0 Å². The minimum Gasteiger partial charge on any atom is -0.494 e. The lowest BCUT2D eigenvalue weighted by molar-refractivity contribution is 0.319. The Morgan fingerprint density at radius 2 is 1.62 bits per heavy atom. The first-order chi connectivity index (χ1) is 11.4. The van der Waals surface area contributed by atoms with E-state index < -0.39 is 10.0 Å². The molecule has 0 radical (unpaired) electrons. The van der Waals surface area contributed by atoms with Crippen LogP contribution in [0.4, 0.5) is 0 Å². The molecule has 0 amide bonds. The number of ether oxygens (including phenoxy) is 2. The maximum atomic E-state index is 12.2. The van der Waals surface area contributed by atoms with Crippen LogP contribution in [0.25, 0.3) is 0 Å². The Bertz CT molecular complexity index is 779. The standard InChI is InChI=1S/C16H17Cl2NO4S/c1-2-22-13-4-6-14(7-5-13)23-10-9-19-24(20,21)16-11-12(17)3-8-15(16)18/h3-8,11,19H,2,9-10H2,1H3. The van der Waals surface area contributed by atoms with Gasteiger partial charge >= 0.3 is 0 Å². The zero-order valence-electron chi connectivity index (χ0n) is 13.0. The van der Waals surface area contributed by atoms with Crippen molar-refractivity contribution in [2.24, 2.45) is 0 Å². The molecule has 130 valence electrons. The van der Waals surface area contributed by atoms with E-state index in [4.69, 9.17) is 32.7 Å². The van der Waals surface area contributed by atoms with Crippen LogP contribution in [0.1, 0.15) is 6.92 Å². The SMILES string of the molecule is CCOc1ccc(OCCNS(=O)(=O)c2cc(Cl)ccc2Cl)cc1. The fraction of sp³-hybridized carbons (Fsp3) is 0.250. The molecule has 0 aromatic heterocycles. The average Bonchev–Trinajstić information content (AvgIpc) is 2.55. The van der Waals surface area contributed by atoms with Crippen molar-refractivity contribution in [3.8, 4) is 11.5 Å². The molecule has 2 aromatic rings. The van der Waals surface area contributed by atoms with E-state index in [-0.39, 0.29) is 23.1 Å². The third-order valence-corrected chi connectivity index (χ3v) is 5.16. The maximum Gasteiger partial charge on any atom is 0.242 e. The fourth-order valence-electron chi connectivity index (χ4n) is 1.90. The molecule has 0 unspecified atom stereocenters. The minimum atomic E-state index is -3.75. The van der Waals surface area contributed by atoms with Gasteiger partial charge in [-0.3, -0.25) is 0 Å². The van der Waals surface area contributed by atoms with Crippen molar-refractivity contribution in [1.29, 1.82) is 0 Å². The largest absolute Gasteiger partial charge is 0.494 e. The highest BCUT2D eigenvalue weighted by molar-refractivity contribution is 7.89. The lowest BCUT2D eigenvalue weighted by atomic mass is 10.3. The van der Waals surface area contributed by atoms with E-state index in [0.29, 0.717) is 17.4 Å². The van der Waals surface area contributed by atoms with E-state index in [1.54, 1.807) is 24.3 Å². The second-order valence-electron chi connectivity index (χ2n) is 4.73. The number of sulfonamides is 1. The van der Waals surface area contributed by atoms with Crippen LogP contribution in [0.2, 0.25) is 10.0 Å². The molecular formula is C16H17Cl2NO4S. The summed E-state index contributed by atoms with van der Waals surface area (Å²) in [5.74, 6) is 1.37. The van der Waals surface area contributed by atoms with Crippen molar-refractivity contribution in [3.63, 3.8) is 0 Å². The van der Waals surface area contributed by atoms with Gasteiger partial charge in [-0.15, -0.1) is 0 Å². The number of nitrogens with one attached hydrogen (secondary N) is 1. The Kier molecular flexibility index (Phi) is 6.74. The van der Waals surface area contributed by atoms with Crippen LogP contribution in [0.5, 0.6) is 11.5 Å². The van der Waals surface area contributed by atoms with Crippen molar-refractivity contribution in [3.05, 3.63) is 52.5 Å². The first kappa shape index (κ1) is 18.9. The van der Waals surface area contributed by atoms with Crippen LogP contribution < -0.4 is 14.2 Å². The lowest BCUT2D eigenvalue weighted by Gasteiger charge is -2.10. The highest BCUT2D eigenvalue weighted by Gasteiger charge is 2.17. The normalized spacial score (nSPS) is 11.3. The van der Waals surface area contributed by atoms with Crippen LogP contribution in [0, 0.1) is 0 Å². The first-order valence-electron chi connectivity index (χ1n) is 7.23. The molecule has 0 aliphatic carbocycles. The fourth-order valence-corrected chi connectivity index (χ4v) is 3.68. The van der Waals surface area contributed by atoms with Gasteiger partial charge in [0.2, 0.25) is 10.0 Å². The molecule has 5 nitrogen and oxygen atoms in total. The summed E-state index contributed by atoms with van der Waals surface area (Å²) in [5.41, 5.74) is 0. The summed E-state index contributed by atoms with van der Waals surface area (Å²) in [6, 6.07) is 11.4. The average molecular weight is 390 g/mol. The highest BCUT2D eigenvalue weighted by Crippen LogP contribution is 2.24. The van der Waals surface area contributed by atoms with Gasteiger partial charge < -0.3 is 9.47 Å². The van der Waals surface area contributed by atoms with Crippen molar-refractivity contribution in [2.75, 3.05) is 19.8 Å². The van der Waals surface area contributed by atoms with Gasteiger partial charge in [0.15, 0.2) is 0 Å². The number of rotatable bonds is 8. The van der Waals surface area contributed by atoms with Gasteiger partial charge in [-0.25, -0.2) is 13.1 Å². The van der Waals surface area contributed by atoms with Crippen molar-refractivity contribution < 1.29 is 17.9 Å². The van der Waals surface area contributed by atoms with Crippen LogP contribution in [0.15, 0.2) is 47.4 Å². The summed E-state index contributed by atoms with van der Waals surface area (Å²) in [4.78, 5) is -0.0577. The van der Waals surface area contributed by atoms with E-state index in [0.717, 1.165) is 5.75 Å². The molecule has 2 rings (SSSR count). The molecular weight excluding hydrogens is 373 g/mol. The third-order valence-electron chi connectivity index (χ3n) is 2.98. The van der Waals surface area contributed by atoms with Gasteiger partial charge in [-0.2, -0.15) is 0 Å². The second kappa shape index (κ2) is 8.58. The van der Waals surface area contributed by atoms with E-state index in [1.165, 1.54) is 18.2 Å². The summed E-state index contributed by atoms with van der Waals surface area (Å²) in [6.07, 6.45) is 0. The molecule has 0 saturated carbocycles. The molecule has 0 aliphatic heterocycles. The van der Waals surface area contributed by atoms with Gasteiger partial charge in [-0.05, 0) is 49.4 Å². The van der Waals surface area contributed by atoms with Crippen molar-refractivity contribution >= 4 is 33.2 Å². The summed E-state index contributed by atoms with van der Waals surface area (Å²) in [7, 11) is -3.75. The molecule has 24 heavy (non-hydrogen) atoms. The summed E-state index contributed by atoms with van der Waals surface area (Å²) in [6.45, 7) is 2.76. The number of benzene rings is 2. The molecule has 0 saturated heterocycles. The Balaban J connectivity index is 1.88. The third kappa shape index (κ3) is 5.27. The quantitative estimate of drug-likeness (QED) is 0.698. The molecule has 0 spiro atoms. The molecule has 8 heteroatoms. The number of hydrogen-bond donors (Lipinski definition) is 1. The van der Waals surface area contributed by atoms with Crippen LogP contribution >= 0.6 is 23.2 Å². The molecule has 0 bridgehead atoms. The van der Waals surface area contributed by atoms with Gasteiger partial charge in [0.25, 0.3) is 0 Å². The topological polar surface area (TPSA) is 64.6 Å². The van der Waals surface area contributed by atoms with Gasteiger partial charge in [0.05, 0.1) is 11.6 Å². The predicted octanol–water partition coefficient (Wildman–Crippen LogP) is 3.75. The smallest absolute Gasteiger partial charge is 0.242 e. The molecule has 0 atom stereocenters. The van der Waals surface area contributed by atoms with E-state index in [2.05, 4.69) is 4.72 Å². The van der Waals surface area contributed by atoms with Crippen molar-refractivity contribution in [1.82, 2.24) is 4.72 Å². The van der Waals surface area contributed by atoms with Crippen molar-refractivity contribution in [2.45, 2.75) is 11.8 Å². The van der Waals surface area contributed by atoms with Gasteiger partial charge in [0, 0.05) is 11.6 Å². The van der Waals surface area contributed by atoms with E-state index in [9.17, 15) is 8.42 Å². The first-order valence-corrected chi connectivity index (χ1v) is 9.46. The molecule has 1 N–H and O–H groups in total. The second-order valence-corrected chi connectivity index (χ2v) is 7.30. The molecule has 0 aliphatic rings. The van der Waals surface area contributed by atoms with E-state index >= 15 is 0 Å². The Morgan fingerprint density at radius 1 is 1.00 bits per heavy atom. The minimum absolute atomic E-state index is 0.0577. The predicted molar refractivity (Wildman–Crippen MR) is 94.8 cm³/mol. The Morgan fingerprint density at radius 3 is 2.25 bits per heavy atom. The van der Waals surface area contributed by atoms with Crippen LogP contribution in [-0.2, 0) is 10.0 Å². The maximum absolute atomic E-state index is 12.2. The molecule has 0 fully saturated rings. The molecule has 2 aromatic carbocycles.